The molecule has 0 spiro atoms. The van der Waals surface area contributed by atoms with Crippen LogP contribution >= 0.6 is 15.9 Å². The first-order valence-electron chi connectivity index (χ1n) is 10.7. The monoisotopic (exact) mass is 556 g/mol. The summed E-state index contributed by atoms with van der Waals surface area (Å²) in [5.74, 6) is -0.749. The third-order valence-corrected chi connectivity index (χ3v) is 6.78. The second kappa shape index (κ2) is 11.3. The molecule has 0 saturated carbocycles. The Morgan fingerprint density at radius 3 is 2.38 bits per heavy atom. The highest BCUT2D eigenvalue weighted by Gasteiger charge is 2.26. The van der Waals surface area contributed by atoms with Crippen LogP contribution in [0.2, 0.25) is 0 Å². The van der Waals surface area contributed by atoms with Crippen molar-refractivity contribution in [3.05, 3.63) is 57.8 Å². The summed E-state index contributed by atoms with van der Waals surface area (Å²) < 4.78 is 46.8. The summed E-state index contributed by atoms with van der Waals surface area (Å²) in [7, 11) is -2.46. The molecule has 0 aliphatic carbocycles. The summed E-state index contributed by atoms with van der Waals surface area (Å²) in [5.41, 5.74) is 0.576. The smallest absolute Gasteiger partial charge is 0.306 e. The number of rotatable bonds is 9. The minimum atomic E-state index is -3.87. The molecule has 8 nitrogen and oxygen atoms in total. The molecule has 0 atom stereocenters. The summed E-state index contributed by atoms with van der Waals surface area (Å²) in [4.78, 5) is 27.5. The number of methoxy groups -OCH3 is 1. The first-order valence-corrected chi connectivity index (χ1v) is 13.3. The normalized spacial score (nSPS) is 15.1. The van der Waals surface area contributed by atoms with E-state index in [1.807, 2.05) is 0 Å². The summed E-state index contributed by atoms with van der Waals surface area (Å²) in [6.45, 7) is 2.30. The van der Waals surface area contributed by atoms with E-state index in [4.69, 9.17) is 8.92 Å². The van der Waals surface area contributed by atoms with Crippen LogP contribution in [-0.2, 0) is 10.1 Å². The third kappa shape index (κ3) is 6.77. The van der Waals surface area contributed by atoms with Crippen molar-refractivity contribution in [2.75, 3.05) is 39.5 Å². The quantitative estimate of drug-likeness (QED) is 0.373. The fourth-order valence-electron chi connectivity index (χ4n) is 3.80. The molecule has 1 aliphatic rings. The molecule has 0 radical (unpaired) electrons. The molecule has 11 heteroatoms. The molecule has 184 valence electrons. The largest absolute Gasteiger partial charge is 0.495 e. The molecule has 34 heavy (non-hydrogen) atoms. The zero-order valence-electron chi connectivity index (χ0n) is 18.8. The third-order valence-electron chi connectivity index (χ3n) is 5.56. The van der Waals surface area contributed by atoms with Crippen molar-refractivity contribution in [3.63, 3.8) is 0 Å². The molecule has 0 aromatic heterocycles. The van der Waals surface area contributed by atoms with Gasteiger partial charge in [-0.1, -0.05) is 0 Å². The second-order valence-corrected chi connectivity index (χ2v) is 10.4. The van der Waals surface area contributed by atoms with E-state index < -0.39 is 16.0 Å². The number of nitrogens with zero attached hydrogens (tertiary/aromatic N) is 1. The number of amides is 1. The standard InChI is InChI=1S/C23H26BrFN2O6S/c1-32-19-8-7-18(22(20(19)24)33-34(2,30)31)23(29)26-11-14-27-12-9-16(10-13-27)21(28)15-3-5-17(25)6-4-15/h3-8,16H,9-14H2,1-2H3,(H,26,29). The van der Waals surface area contributed by atoms with E-state index >= 15 is 0 Å². The van der Waals surface area contributed by atoms with Gasteiger partial charge >= 0.3 is 10.1 Å². The van der Waals surface area contributed by atoms with Crippen LogP contribution in [0, 0.1) is 11.7 Å². The zero-order valence-corrected chi connectivity index (χ0v) is 21.2. The molecular weight excluding hydrogens is 531 g/mol. The minimum absolute atomic E-state index is 0.0245. The van der Waals surface area contributed by atoms with E-state index in [-0.39, 0.29) is 33.3 Å². The molecular formula is C23H26BrFN2O6S. The average molecular weight is 557 g/mol. The van der Waals surface area contributed by atoms with Gasteiger partial charge in [-0.05, 0) is 78.3 Å². The van der Waals surface area contributed by atoms with Crippen molar-refractivity contribution in [3.8, 4) is 11.5 Å². The molecule has 3 rings (SSSR count). The number of benzene rings is 2. The number of ether oxygens (including phenoxy) is 1. The van der Waals surface area contributed by atoms with E-state index in [1.165, 1.54) is 43.5 Å². The lowest BCUT2D eigenvalue weighted by Gasteiger charge is -2.31. The second-order valence-electron chi connectivity index (χ2n) is 7.99. The number of likely N-dealkylation sites (tertiary alicyclic amines) is 1. The Labute approximate surface area is 206 Å². The maximum absolute atomic E-state index is 13.1. The van der Waals surface area contributed by atoms with Crippen LogP contribution < -0.4 is 14.2 Å². The molecule has 1 N–H and O–H groups in total. The number of ketones is 1. The Morgan fingerprint density at radius 2 is 1.79 bits per heavy atom. The Hall–Kier alpha value is -2.50. The van der Waals surface area contributed by atoms with Crippen molar-refractivity contribution in [2.45, 2.75) is 12.8 Å². The van der Waals surface area contributed by atoms with Gasteiger partial charge in [0.1, 0.15) is 16.0 Å². The van der Waals surface area contributed by atoms with E-state index in [9.17, 15) is 22.4 Å². The maximum Gasteiger partial charge on any atom is 0.306 e. The number of piperidine rings is 1. The summed E-state index contributed by atoms with van der Waals surface area (Å²) in [5, 5.41) is 2.78. The first-order chi connectivity index (χ1) is 16.1. The van der Waals surface area contributed by atoms with Crippen molar-refractivity contribution in [2.24, 2.45) is 5.92 Å². The van der Waals surface area contributed by atoms with Crippen molar-refractivity contribution < 1.29 is 31.3 Å². The fourth-order valence-corrected chi connectivity index (χ4v) is 4.97. The van der Waals surface area contributed by atoms with E-state index in [0.717, 1.165) is 6.26 Å². The van der Waals surface area contributed by atoms with E-state index in [1.54, 1.807) is 0 Å². The number of carbonyl (C=O) groups excluding carboxylic acids is 2. The summed E-state index contributed by atoms with van der Waals surface area (Å²) >= 11 is 3.23. The predicted molar refractivity (Wildman–Crippen MR) is 128 cm³/mol. The molecule has 1 heterocycles. The topological polar surface area (TPSA) is 102 Å². The molecule has 2 aromatic carbocycles. The van der Waals surface area contributed by atoms with Crippen LogP contribution in [0.3, 0.4) is 0 Å². The lowest BCUT2D eigenvalue weighted by molar-refractivity contribution is 0.0839. The van der Waals surface area contributed by atoms with Gasteiger partial charge in [-0.3, -0.25) is 9.59 Å². The van der Waals surface area contributed by atoms with Crippen LogP contribution in [0.1, 0.15) is 33.6 Å². The Morgan fingerprint density at radius 1 is 1.15 bits per heavy atom. The van der Waals surface area contributed by atoms with Crippen molar-refractivity contribution >= 4 is 37.7 Å². The number of carbonyl (C=O) groups is 2. The van der Waals surface area contributed by atoms with E-state index in [0.29, 0.717) is 50.3 Å². The van der Waals surface area contributed by atoms with Gasteiger partial charge in [0.2, 0.25) is 0 Å². The van der Waals surface area contributed by atoms with E-state index in [2.05, 4.69) is 26.1 Å². The molecule has 1 aliphatic heterocycles. The number of hydrogen-bond donors (Lipinski definition) is 1. The summed E-state index contributed by atoms with van der Waals surface area (Å²) in [6.07, 6.45) is 2.26. The van der Waals surface area contributed by atoms with Gasteiger partial charge in [0.05, 0.1) is 18.9 Å². The lowest BCUT2D eigenvalue weighted by atomic mass is 9.89. The van der Waals surface area contributed by atoms with Gasteiger partial charge in [0.15, 0.2) is 11.5 Å². The summed E-state index contributed by atoms with van der Waals surface area (Å²) in [6, 6.07) is 8.58. The molecule has 2 aromatic rings. The van der Waals surface area contributed by atoms with Gasteiger partial charge in [-0.2, -0.15) is 8.42 Å². The fraction of sp³-hybridized carbons (Fsp3) is 0.391. The highest BCUT2D eigenvalue weighted by molar-refractivity contribution is 9.10. The zero-order chi connectivity index (χ0) is 24.9. The Bertz CT molecular complexity index is 1150. The molecule has 0 unspecified atom stereocenters. The van der Waals surface area contributed by atoms with Gasteiger partial charge in [-0.15, -0.1) is 0 Å². The Balaban J connectivity index is 1.53. The SMILES string of the molecule is COc1ccc(C(=O)NCCN2CCC(C(=O)c3ccc(F)cc3)CC2)c(OS(C)(=O)=O)c1Br. The van der Waals surface area contributed by atoms with Gasteiger partial charge < -0.3 is 19.1 Å². The Kier molecular flexibility index (Phi) is 8.67. The highest BCUT2D eigenvalue weighted by atomic mass is 79.9. The van der Waals surface area contributed by atoms with Crippen LogP contribution in [0.15, 0.2) is 40.9 Å². The average Bonchev–Trinajstić information content (AvgIpc) is 2.80. The van der Waals surface area contributed by atoms with Gasteiger partial charge in [-0.25, -0.2) is 4.39 Å². The molecule has 1 amide bonds. The molecule has 1 fully saturated rings. The number of hydrogen-bond acceptors (Lipinski definition) is 7. The van der Waals surface area contributed by atoms with Crippen LogP contribution in [0.5, 0.6) is 11.5 Å². The van der Waals surface area contributed by atoms with Crippen LogP contribution in [-0.4, -0.2) is 64.6 Å². The van der Waals surface area contributed by atoms with Crippen molar-refractivity contribution in [1.82, 2.24) is 10.2 Å². The first kappa shape index (κ1) is 26.1. The lowest BCUT2D eigenvalue weighted by Crippen LogP contribution is -2.41. The highest BCUT2D eigenvalue weighted by Crippen LogP contribution is 2.38. The van der Waals surface area contributed by atoms with Gasteiger partial charge in [0, 0.05) is 24.6 Å². The molecule has 1 saturated heterocycles. The van der Waals surface area contributed by atoms with Gasteiger partial charge in [0.25, 0.3) is 5.91 Å². The van der Waals surface area contributed by atoms with Crippen LogP contribution in [0.25, 0.3) is 0 Å². The number of nitrogens with one attached hydrogen (secondary N) is 1. The number of Topliss-reactive ketones (excluding diaryl/α,β-unsaturated/α-hetero) is 1. The molecule has 0 bridgehead atoms. The predicted octanol–water partition coefficient (Wildman–Crippen LogP) is 3.26. The van der Waals surface area contributed by atoms with Crippen molar-refractivity contribution in [1.29, 1.82) is 0 Å². The minimum Gasteiger partial charge on any atom is -0.495 e. The van der Waals surface area contributed by atoms with Crippen LogP contribution in [0.4, 0.5) is 4.39 Å². The maximum atomic E-state index is 13.1. The number of halogens is 2.